The molecule has 1 fully saturated rings. The van der Waals surface area contributed by atoms with Gasteiger partial charge in [0, 0.05) is 12.6 Å². The van der Waals surface area contributed by atoms with E-state index in [1.54, 1.807) is 6.07 Å². The van der Waals surface area contributed by atoms with Gasteiger partial charge in [0.05, 0.1) is 7.11 Å². The molecule has 21 heavy (non-hydrogen) atoms. The van der Waals surface area contributed by atoms with Crippen molar-refractivity contribution in [3.63, 3.8) is 0 Å². The van der Waals surface area contributed by atoms with Crippen LogP contribution in [0.5, 0.6) is 5.75 Å². The van der Waals surface area contributed by atoms with Crippen LogP contribution in [0.4, 0.5) is 4.39 Å². The number of likely N-dealkylation sites (tertiary alicyclic amines) is 1. The van der Waals surface area contributed by atoms with E-state index in [0.717, 1.165) is 0 Å². The highest BCUT2D eigenvalue weighted by atomic mass is 19.1. The highest BCUT2D eigenvalue weighted by Gasteiger charge is 2.32. The molecule has 1 aliphatic heterocycles. The lowest BCUT2D eigenvalue weighted by atomic mass is 10.2. The van der Waals surface area contributed by atoms with E-state index in [-0.39, 0.29) is 11.7 Å². The normalized spacial score (nSPS) is 18.2. The SMILES string of the molecule is COc1ccc(C=CC(=O)N2CCCC2C(=O)O)cc1F. The van der Waals surface area contributed by atoms with Crippen molar-refractivity contribution in [3.8, 4) is 5.75 Å². The lowest BCUT2D eigenvalue weighted by Crippen LogP contribution is -2.39. The summed E-state index contributed by atoms with van der Waals surface area (Å²) >= 11 is 0. The number of benzene rings is 1. The van der Waals surface area contributed by atoms with Crippen molar-refractivity contribution in [1.29, 1.82) is 0 Å². The zero-order valence-electron chi connectivity index (χ0n) is 11.6. The molecule has 1 aliphatic rings. The molecule has 112 valence electrons. The van der Waals surface area contributed by atoms with Crippen LogP contribution in [0, 0.1) is 5.82 Å². The molecule has 1 amide bonds. The number of carbonyl (C=O) groups excluding carboxylic acids is 1. The maximum Gasteiger partial charge on any atom is 0.326 e. The van der Waals surface area contributed by atoms with Gasteiger partial charge in [-0.1, -0.05) is 6.07 Å². The fraction of sp³-hybridized carbons (Fsp3) is 0.333. The van der Waals surface area contributed by atoms with Crippen molar-refractivity contribution in [1.82, 2.24) is 4.90 Å². The van der Waals surface area contributed by atoms with E-state index in [0.29, 0.717) is 24.9 Å². The van der Waals surface area contributed by atoms with Crippen molar-refractivity contribution >= 4 is 18.0 Å². The molecule has 0 aliphatic carbocycles. The van der Waals surface area contributed by atoms with Gasteiger partial charge in [-0.3, -0.25) is 4.79 Å². The molecule has 0 saturated carbocycles. The van der Waals surface area contributed by atoms with Crippen LogP contribution >= 0.6 is 0 Å². The predicted molar refractivity (Wildman–Crippen MR) is 74.4 cm³/mol. The van der Waals surface area contributed by atoms with Crippen LogP contribution in [0.15, 0.2) is 24.3 Å². The molecule has 6 heteroatoms. The number of carboxylic acid groups (broad SMARTS) is 1. The first-order valence-corrected chi connectivity index (χ1v) is 6.58. The van der Waals surface area contributed by atoms with E-state index >= 15 is 0 Å². The third-order valence-corrected chi connectivity index (χ3v) is 3.42. The van der Waals surface area contributed by atoms with Gasteiger partial charge in [-0.2, -0.15) is 0 Å². The van der Waals surface area contributed by atoms with Crippen LogP contribution in [0.2, 0.25) is 0 Å². The maximum absolute atomic E-state index is 13.5. The Morgan fingerprint density at radius 3 is 2.86 bits per heavy atom. The fourth-order valence-corrected chi connectivity index (χ4v) is 2.34. The molecule has 1 saturated heterocycles. The van der Waals surface area contributed by atoms with Crippen LogP contribution in [-0.2, 0) is 9.59 Å². The van der Waals surface area contributed by atoms with Crippen LogP contribution < -0.4 is 4.74 Å². The Morgan fingerprint density at radius 2 is 2.24 bits per heavy atom. The molecule has 1 atom stereocenters. The van der Waals surface area contributed by atoms with Crippen molar-refractivity contribution in [2.45, 2.75) is 18.9 Å². The predicted octanol–water partition coefficient (Wildman–Crippen LogP) is 1.92. The Hall–Kier alpha value is -2.37. The molecule has 0 bridgehead atoms. The molecule has 1 aromatic carbocycles. The topological polar surface area (TPSA) is 66.8 Å². The highest BCUT2D eigenvalue weighted by molar-refractivity contribution is 5.94. The quantitative estimate of drug-likeness (QED) is 0.861. The summed E-state index contributed by atoms with van der Waals surface area (Å²) in [5.74, 6) is -1.76. The van der Waals surface area contributed by atoms with E-state index in [1.807, 2.05) is 0 Å². The Morgan fingerprint density at radius 1 is 1.48 bits per heavy atom. The fourth-order valence-electron chi connectivity index (χ4n) is 2.34. The summed E-state index contributed by atoms with van der Waals surface area (Å²) in [6, 6.07) is 3.57. The summed E-state index contributed by atoms with van der Waals surface area (Å²) in [5.41, 5.74) is 0.507. The third kappa shape index (κ3) is 3.39. The van der Waals surface area contributed by atoms with Crippen LogP contribution in [0.3, 0.4) is 0 Å². The number of ether oxygens (including phenoxy) is 1. The Labute approximate surface area is 121 Å². The van der Waals surface area contributed by atoms with Gasteiger partial charge >= 0.3 is 5.97 Å². The second-order valence-electron chi connectivity index (χ2n) is 4.76. The van der Waals surface area contributed by atoms with Gasteiger partial charge in [-0.15, -0.1) is 0 Å². The number of amides is 1. The Balaban J connectivity index is 2.08. The Bertz CT molecular complexity index is 585. The number of carbonyl (C=O) groups is 2. The molecule has 1 N–H and O–H groups in total. The summed E-state index contributed by atoms with van der Waals surface area (Å²) in [4.78, 5) is 24.3. The smallest absolute Gasteiger partial charge is 0.326 e. The van der Waals surface area contributed by atoms with Gasteiger partial charge in [-0.05, 0) is 36.6 Å². The number of hydrogen-bond donors (Lipinski definition) is 1. The van der Waals surface area contributed by atoms with E-state index < -0.39 is 17.8 Å². The third-order valence-electron chi connectivity index (χ3n) is 3.42. The van der Waals surface area contributed by atoms with Crippen LogP contribution in [0.25, 0.3) is 6.08 Å². The number of aliphatic carboxylic acids is 1. The molecule has 2 rings (SSSR count). The summed E-state index contributed by atoms with van der Waals surface area (Å²) in [6.45, 7) is 0.428. The second-order valence-corrected chi connectivity index (χ2v) is 4.76. The average molecular weight is 293 g/mol. The van der Waals surface area contributed by atoms with Crippen molar-refractivity contribution in [3.05, 3.63) is 35.7 Å². The molecule has 1 heterocycles. The minimum absolute atomic E-state index is 0.129. The summed E-state index contributed by atoms with van der Waals surface area (Å²) in [7, 11) is 1.37. The first-order chi connectivity index (χ1) is 10.0. The van der Waals surface area contributed by atoms with Crippen LogP contribution in [-0.4, -0.2) is 41.6 Å². The molecule has 0 aromatic heterocycles. The Kier molecular flexibility index (Phi) is 4.57. The number of hydrogen-bond acceptors (Lipinski definition) is 3. The summed E-state index contributed by atoms with van der Waals surface area (Å²) < 4.78 is 18.3. The lowest BCUT2D eigenvalue weighted by molar-refractivity contribution is -0.146. The van der Waals surface area contributed by atoms with Gasteiger partial charge in [0.2, 0.25) is 5.91 Å². The largest absolute Gasteiger partial charge is 0.494 e. The van der Waals surface area contributed by atoms with Gasteiger partial charge in [-0.25, -0.2) is 9.18 Å². The summed E-state index contributed by atoms with van der Waals surface area (Å²) in [6.07, 6.45) is 3.87. The number of carboxylic acids is 1. The molecule has 0 spiro atoms. The number of rotatable bonds is 4. The van der Waals surface area contributed by atoms with E-state index in [4.69, 9.17) is 9.84 Å². The molecule has 0 radical (unpaired) electrons. The van der Waals surface area contributed by atoms with E-state index in [2.05, 4.69) is 0 Å². The number of nitrogens with zero attached hydrogens (tertiary/aromatic N) is 1. The van der Waals surface area contributed by atoms with Gasteiger partial charge in [0.1, 0.15) is 6.04 Å². The number of halogens is 1. The maximum atomic E-state index is 13.5. The zero-order valence-corrected chi connectivity index (χ0v) is 11.6. The highest BCUT2D eigenvalue weighted by Crippen LogP contribution is 2.20. The summed E-state index contributed by atoms with van der Waals surface area (Å²) in [5, 5.41) is 9.03. The molecular formula is C15H16FNO4. The minimum atomic E-state index is -0.996. The van der Waals surface area contributed by atoms with Crippen molar-refractivity contribution in [2.75, 3.05) is 13.7 Å². The molecule has 1 aromatic rings. The van der Waals surface area contributed by atoms with Crippen LogP contribution in [0.1, 0.15) is 18.4 Å². The van der Waals surface area contributed by atoms with Gasteiger partial charge in [0.25, 0.3) is 0 Å². The van der Waals surface area contributed by atoms with Crippen molar-refractivity contribution in [2.24, 2.45) is 0 Å². The monoisotopic (exact) mass is 293 g/mol. The molecule has 1 unspecified atom stereocenters. The standard InChI is InChI=1S/C15H16FNO4/c1-21-13-6-4-10(9-11(13)16)5-7-14(18)17-8-2-3-12(17)15(19)20/h4-7,9,12H,2-3,8H2,1H3,(H,19,20). The minimum Gasteiger partial charge on any atom is -0.494 e. The van der Waals surface area contributed by atoms with Gasteiger partial charge < -0.3 is 14.7 Å². The zero-order chi connectivity index (χ0) is 15.4. The molecular weight excluding hydrogens is 277 g/mol. The van der Waals surface area contributed by atoms with E-state index in [9.17, 15) is 14.0 Å². The van der Waals surface area contributed by atoms with E-state index in [1.165, 1.54) is 36.3 Å². The first kappa shape index (κ1) is 15.0. The molecule has 5 nitrogen and oxygen atoms in total. The second kappa shape index (κ2) is 6.39. The first-order valence-electron chi connectivity index (χ1n) is 6.58. The van der Waals surface area contributed by atoms with Gasteiger partial charge in [0.15, 0.2) is 11.6 Å². The average Bonchev–Trinajstić information content (AvgIpc) is 2.94. The lowest BCUT2D eigenvalue weighted by Gasteiger charge is -2.19. The van der Waals surface area contributed by atoms with Crippen molar-refractivity contribution < 1.29 is 23.8 Å². The number of methoxy groups -OCH3 is 1.